The Morgan fingerprint density at radius 3 is 1.97 bits per heavy atom. The zero-order valence-corrected chi connectivity index (χ0v) is 18.1. The van der Waals surface area contributed by atoms with E-state index >= 15 is 0 Å². The first kappa shape index (κ1) is 21.3. The molecule has 0 atom stereocenters. The van der Waals surface area contributed by atoms with E-state index in [4.69, 9.17) is 5.21 Å². The highest BCUT2D eigenvalue weighted by molar-refractivity contribution is 6.10. The van der Waals surface area contributed by atoms with Crippen LogP contribution in [0.25, 0.3) is 0 Å². The molecule has 3 rings (SSSR count). The number of hydrogen-bond donors (Lipinski definition) is 2. The molecule has 0 radical (unpaired) electrons. The Morgan fingerprint density at radius 2 is 1.45 bits per heavy atom. The lowest BCUT2D eigenvalue weighted by Crippen LogP contribution is -2.34. The van der Waals surface area contributed by atoms with Crippen LogP contribution in [0.3, 0.4) is 0 Å². The molecule has 1 aliphatic carbocycles. The van der Waals surface area contributed by atoms with Crippen LogP contribution < -0.4 is 5.48 Å². The highest BCUT2D eigenvalue weighted by Crippen LogP contribution is 2.46. The molecule has 0 saturated heterocycles. The van der Waals surface area contributed by atoms with Gasteiger partial charge in [0.1, 0.15) is 0 Å². The van der Waals surface area contributed by atoms with Gasteiger partial charge in [-0.1, -0.05) is 59.2 Å². The van der Waals surface area contributed by atoms with E-state index in [0.29, 0.717) is 11.1 Å². The lowest BCUT2D eigenvalue weighted by Gasteiger charge is -2.42. The molecule has 0 fully saturated rings. The van der Waals surface area contributed by atoms with Gasteiger partial charge >= 0.3 is 0 Å². The molecule has 4 heteroatoms. The topological polar surface area (TPSA) is 66.4 Å². The summed E-state index contributed by atoms with van der Waals surface area (Å²) in [5.41, 5.74) is 7.10. The molecule has 2 N–H and O–H groups in total. The average molecular weight is 394 g/mol. The van der Waals surface area contributed by atoms with Crippen LogP contribution in [0.2, 0.25) is 0 Å². The summed E-state index contributed by atoms with van der Waals surface area (Å²) < 4.78 is 0. The average Bonchev–Trinajstić information content (AvgIpc) is 2.70. The number of carbonyl (C=O) groups is 2. The van der Waals surface area contributed by atoms with E-state index in [1.54, 1.807) is 29.7 Å². The van der Waals surface area contributed by atoms with Crippen LogP contribution in [0.1, 0.15) is 96.9 Å². The number of amides is 1. The van der Waals surface area contributed by atoms with Crippen LogP contribution in [-0.2, 0) is 17.3 Å². The van der Waals surface area contributed by atoms with Crippen molar-refractivity contribution in [3.63, 3.8) is 0 Å². The molecule has 0 bridgehead atoms. The molecule has 0 aromatic heterocycles. The molecular weight excluding hydrogens is 362 g/mol. The number of nitrogens with one attached hydrogen (secondary N) is 1. The Kier molecular flexibility index (Phi) is 5.68. The van der Waals surface area contributed by atoms with E-state index in [2.05, 4.69) is 46.8 Å². The second-order valence-electron chi connectivity index (χ2n) is 9.42. The molecule has 1 aliphatic rings. The number of hydroxylamine groups is 1. The third-order valence-electron chi connectivity index (χ3n) is 6.35. The predicted octanol–water partition coefficient (Wildman–Crippen LogP) is 5.34. The number of benzene rings is 2. The molecule has 0 heterocycles. The molecule has 2 aromatic carbocycles. The monoisotopic (exact) mass is 393 g/mol. The highest BCUT2D eigenvalue weighted by Gasteiger charge is 2.38. The molecule has 0 saturated carbocycles. The highest BCUT2D eigenvalue weighted by atomic mass is 16.5. The Hall–Kier alpha value is -2.46. The van der Waals surface area contributed by atoms with Crippen LogP contribution in [0.4, 0.5) is 0 Å². The summed E-state index contributed by atoms with van der Waals surface area (Å²) in [7, 11) is 0. The normalized spacial score (nSPS) is 16.8. The van der Waals surface area contributed by atoms with Gasteiger partial charge in [-0.2, -0.15) is 0 Å². The van der Waals surface area contributed by atoms with E-state index in [1.165, 1.54) is 11.1 Å². The van der Waals surface area contributed by atoms with Crippen LogP contribution in [0.5, 0.6) is 0 Å². The van der Waals surface area contributed by atoms with Crippen molar-refractivity contribution in [3.05, 3.63) is 69.8 Å². The maximum absolute atomic E-state index is 13.4. The van der Waals surface area contributed by atoms with Crippen molar-refractivity contribution >= 4 is 11.7 Å². The minimum absolute atomic E-state index is 0.0219. The quantitative estimate of drug-likeness (QED) is 0.409. The minimum Gasteiger partial charge on any atom is -0.289 e. The largest absolute Gasteiger partial charge is 0.289 e. The molecule has 0 unspecified atom stereocenters. The fourth-order valence-corrected chi connectivity index (χ4v) is 4.34. The van der Waals surface area contributed by atoms with Crippen molar-refractivity contribution in [3.8, 4) is 0 Å². The van der Waals surface area contributed by atoms with E-state index in [-0.39, 0.29) is 16.6 Å². The summed E-state index contributed by atoms with van der Waals surface area (Å²) in [6.07, 6.45) is 4.06. The minimum atomic E-state index is -0.589. The van der Waals surface area contributed by atoms with E-state index in [0.717, 1.165) is 36.8 Å². The van der Waals surface area contributed by atoms with Crippen LogP contribution >= 0.6 is 0 Å². The summed E-state index contributed by atoms with van der Waals surface area (Å²) in [5.74, 6) is -0.611. The van der Waals surface area contributed by atoms with E-state index in [9.17, 15) is 9.59 Å². The summed E-state index contributed by atoms with van der Waals surface area (Å²) >= 11 is 0. The first-order valence-corrected chi connectivity index (χ1v) is 10.4. The van der Waals surface area contributed by atoms with Crippen LogP contribution in [0.15, 0.2) is 36.4 Å². The van der Waals surface area contributed by atoms with Crippen LogP contribution in [0, 0.1) is 0 Å². The van der Waals surface area contributed by atoms with Crippen molar-refractivity contribution in [1.82, 2.24) is 5.48 Å². The van der Waals surface area contributed by atoms with Gasteiger partial charge in [0, 0.05) is 16.7 Å². The Morgan fingerprint density at radius 1 is 0.931 bits per heavy atom. The second kappa shape index (κ2) is 7.75. The number of aryl methyl sites for hydroxylation is 1. The fourth-order valence-electron chi connectivity index (χ4n) is 4.34. The molecular formula is C25H31NO3. The van der Waals surface area contributed by atoms with Crippen molar-refractivity contribution in [2.24, 2.45) is 0 Å². The Bertz CT molecular complexity index is 939. The number of carbonyl (C=O) groups excluding carboxylic acids is 2. The van der Waals surface area contributed by atoms with Gasteiger partial charge in [0.2, 0.25) is 0 Å². The van der Waals surface area contributed by atoms with Crippen molar-refractivity contribution in [2.75, 3.05) is 0 Å². The lowest BCUT2D eigenvalue weighted by atomic mass is 9.62. The summed E-state index contributed by atoms with van der Waals surface area (Å²) in [4.78, 5) is 25.0. The van der Waals surface area contributed by atoms with Crippen molar-refractivity contribution in [2.45, 2.75) is 71.1 Å². The third kappa shape index (κ3) is 3.99. The molecule has 154 valence electrons. The SMILES string of the molecule is CCCc1cc2c(cc1C(=O)c1ccc(C(=O)NO)cc1)C(C)(C)CCC2(C)C. The van der Waals surface area contributed by atoms with E-state index in [1.807, 2.05) is 0 Å². The molecule has 4 nitrogen and oxygen atoms in total. The number of hydrogen-bond acceptors (Lipinski definition) is 3. The van der Waals surface area contributed by atoms with Crippen molar-refractivity contribution < 1.29 is 14.8 Å². The third-order valence-corrected chi connectivity index (χ3v) is 6.35. The molecule has 0 aliphatic heterocycles. The predicted molar refractivity (Wildman–Crippen MR) is 115 cm³/mol. The zero-order valence-electron chi connectivity index (χ0n) is 18.1. The Balaban J connectivity index is 2.11. The van der Waals surface area contributed by atoms with Gasteiger partial charge in [-0.3, -0.25) is 14.8 Å². The molecule has 29 heavy (non-hydrogen) atoms. The molecule has 0 spiro atoms. The van der Waals surface area contributed by atoms with Gasteiger partial charge in [-0.15, -0.1) is 0 Å². The first-order chi connectivity index (χ1) is 13.6. The maximum Gasteiger partial charge on any atom is 0.274 e. The number of ketones is 1. The van der Waals surface area contributed by atoms with Gasteiger partial charge in [-0.05, 0) is 65.0 Å². The van der Waals surface area contributed by atoms with E-state index < -0.39 is 5.91 Å². The second-order valence-corrected chi connectivity index (χ2v) is 9.42. The summed E-state index contributed by atoms with van der Waals surface area (Å²) in [5, 5.41) is 8.78. The number of fused-ring (bicyclic) bond motifs is 1. The van der Waals surface area contributed by atoms with Gasteiger partial charge < -0.3 is 0 Å². The zero-order chi connectivity index (χ0) is 21.4. The van der Waals surface area contributed by atoms with Gasteiger partial charge in [0.15, 0.2) is 5.78 Å². The summed E-state index contributed by atoms with van der Waals surface area (Å²) in [6, 6.07) is 10.8. The van der Waals surface area contributed by atoms with Gasteiger partial charge in [-0.25, -0.2) is 5.48 Å². The standard InChI is InChI=1S/C25H31NO3/c1-6-7-18-14-20-21(25(4,5)13-12-24(20,2)3)15-19(18)22(27)16-8-10-17(11-9-16)23(28)26-29/h8-11,14-15,29H,6-7,12-13H2,1-5H3,(H,26,28). The lowest BCUT2D eigenvalue weighted by molar-refractivity contribution is 0.0706. The number of rotatable bonds is 5. The maximum atomic E-state index is 13.4. The first-order valence-electron chi connectivity index (χ1n) is 10.4. The van der Waals surface area contributed by atoms with Gasteiger partial charge in [0.05, 0.1) is 0 Å². The fraction of sp³-hybridized carbons (Fsp3) is 0.440. The van der Waals surface area contributed by atoms with Gasteiger partial charge in [0.25, 0.3) is 5.91 Å². The Labute approximate surface area is 173 Å². The van der Waals surface area contributed by atoms with Crippen LogP contribution in [-0.4, -0.2) is 16.9 Å². The summed E-state index contributed by atoms with van der Waals surface area (Å²) in [6.45, 7) is 11.2. The van der Waals surface area contributed by atoms with Crippen molar-refractivity contribution in [1.29, 1.82) is 0 Å². The molecule has 1 amide bonds. The molecule has 2 aromatic rings. The smallest absolute Gasteiger partial charge is 0.274 e.